The SMILES string of the molecule is O=C(NCc1ccoc1)NC1CCC(Nc2ccnc3cc(Cl)ccc23)CC1. The first-order valence-electron chi connectivity index (χ1n) is 9.53. The van der Waals surface area contributed by atoms with E-state index < -0.39 is 0 Å². The molecular formula is C21H23ClN4O2. The Kier molecular flexibility index (Phi) is 5.67. The highest BCUT2D eigenvalue weighted by Gasteiger charge is 2.22. The van der Waals surface area contributed by atoms with E-state index in [0.717, 1.165) is 47.8 Å². The number of fused-ring (bicyclic) bond motifs is 1. The molecule has 1 aliphatic rings. The molecule has 3 aromatic rings. The van der Waals surface area contributed by atoms with E-state index in [9.17, 15) is 4.79 Å². The lowest BCUT2D eigenvalue weighted by Crippen LogP contribution is -2.44. The molecule has 2 aromatic heterocycles. The minimum absolute atomic E-state index is 0.130. The molecule has 4 rings (SSSR count). The predicted octanol–water partition coefficient (Wildman–Crippen LogP) is 4.70. The van der Waals surface area contributed by atoms with E-state index in [1.165, 1.54) is 0 Å². The lowest BCUT2D eigenvalue weighted by molar-refractivity contribution is 0.231. The summed E-state index contributed by atoms with van der Waals surface area (Å²) < 4.78 is 5.00. The second-order valence-corrected chi connectivity index (χ2v) is 7.61. The Balaban J connectivity index is 1.27. The van der Waals surface area contributed by atoms with Crippen molar-refractivity contribution >= 4 is 34.2 Å². The van der Waals surface area contributed by atoms with Crippen LogP contribution in [0.4, 0.5) is 10.5 Å². The molecule has 7 heteroatoms. The smallest absolute Gasteiger partial charge is 0.315 e. The number of furan rings is 1. The summed E-state index contributed by atoms with van der Waals surface area (Å²) in [5, 5.41) is 11.3. The summed E-state index contributed by atoms with van der Waals surface area (Å²) in [4.78, 5) is 16.5. The third-order valence-corrected chi connectivity index (χ3v) is 5.40. The Hall–Kier alpha value is -2.73. The van der Waals surface area contributed by atoms with Crippen LogP contribution in [0.15, 0.2) is 53.5 Å². The topological polar surface area (TPSA) is 79.2 Å². The van der Waals surface area contributed by atoms with E-state index in [-0.39, 0.29) is 12.1 Å². The number of urea groups is 1. The average molecular weight is 399 g/mol. The fourth-order valence-electron chi connectivity index (χ4n) is 3.66. The molecule has 0 radical (unpaired) electrons. The zero-order valence-corrected chi connectivity index (χ0v) is 16.2. The maximum Gasteiger partial charge on any atom is 0.315 e. The Morgan fingerprint density at radius 3 is 2.75 bits per heavy atom. The highest BCUT2D eigenvalue weighted by Crippen LogP contribution is 2.28. The molecule has 3 N–H and O–H groups in total. The predicted molar refractivity (Wildman–Crippen MR) is 110 cm³/mol. The molecule has 6 nitrogen and oxygen atoms in total. The van der Waals surface area contributed by atoms with Crippen LogP contribution < -0.4 is 16.0 Å². The molecule has 146 valence electrons. The zero-order valence-electron chi connectivity index (χ0n) is 15.5. The van der Waals surface area contributed by atoms with Gasteiger partial charge >= 0.3 is 6.03 Å². The van der Waals surface area contributed by atoms with Crippen LogP contribution in [-0.2, 0) is 6.54 Å². The molecule has 0 aliphatic heterocycles. The first-order chi connectivity index (χ1) is 13.7. The second kappa shape index (κ2) is 8.52. The normalized spacial score (nSPS) is 19.3. The third kappa shape index (κ3) is 4.57. The standard InChI is InChI=1S/C21H23ClN4O2/c22-15-1-6-18-19(7-9-23-20(18)11-15)25-16-2-4-17(5-3-16)26-21(27)24-12-14-8-10-28-13-14/h1,6-11,13,16-17H,2-5,12H2,(H,23,25)(H2,24,26,27). The quantitative estimate of drug-likeness (QED) is 0.581. The van der Waals surface area contributed by atoms with E-state index in [0.29, 0.717) is 17.6 Å². The fourth-order valence-corrected chi connectivity index (χ4v) is 3.83. The van der Waals surface area contributed by atoms with Crippen LogP contribution in [0.5, 0.6) is 0 Å². The molecule has 1 saturated carbocycles. The number of rotatable bonds is 5. The van der Waals surface area contributed by atoms with Crippen LogP contribution >= 0.6 is 11.6 Å². The molecule has 1 aliphatic carbocycles. The van der Waals surface area contributed by atoms with Gasteiger partial charge in [0.2, 0.25) is 0 Å². The lowest BCUT2D eigenvalue weighted by Gasteiger charge is -2.30. The highest BCUT2D eigenvalue weighted by atomic mass is 35.5. The van der Waals surface area contributed by atoms with Crippen LogP contribution in [0.2, 0.25) is 5.02 Å². The highest BCUT2D eigenvalue weighted by molar-refractivity contribution is 6.31. The van der Waals surface area contributed by atoms with Crippen molar-refractivity contribution < 1.29 is 9.21 Å². The molecule has 1 fully saturated rings. The summed E-state index contributed by atoms with van der Waals surface area (Å²) in [5.74, 6) is 0. The van der Waals surface area contributed by atoms with Crippen molar-refractivity contribution in [1.82, 2.24) is 15.6 Å². The van der Waals surface area contributed by atoms with Crippen LogP contribution in [0.25, 0.3) is 10.9 Å². The van der Waals surface area contributed by atoms with Gasteiger partial charge < -0.3 is 20.4 Å². The van der Waals surface area contributed by atoms with E-state index in [4.69, 9.17) is 16.0 Å². The monoisotopic (exact) mass is 398 g/mol. The van der Waals surface area contributed by atoms with Crippen molar-refractivity contribution in [3.8, 4) is 0 Å². The van der Waals surface area contributed by atoms with Gasteiger partial charge in [0.1, 0.15) is 0 Å². The molecule has 2 heterocycles. The van der Waals surface area contributed by atoms with Gasteiger partial charge in [-0.05, 0) is 56.0 Å². The summed E-state index contributed by atoms with van der Waals surface area (Å²) in [7, 11) is 0. The van der Waals surface area contributed by atoms with Crippen LogP contribution in [0, 0.1) is 0 Å². The van der Waals surface area contributed by atoms with Crippen LogP contribution in [0.1, 0.15) is 31.2 Å². The van der Waals surface area contributed by atoms with Crippen LogP contribution in [-0.4, -0.2) is 23.1 Å². The van der Waals surface area contributed by atoms with E-state index >= 15 is 0 Å². The Labute approximate surface area is 168 Å². The maximum atomic E-state index is 12.1. The molecule has 0 bridgehead atoms. The summed E-state index contributed by atoms with van der Waals surface area (Å²) in [6, 6.07) is 10.1. The number of aromatic nitrogens is 1. The number of nitrogens with zero attached hydrogens (tertiary/aromatic N) is 1. The van der Waals surface area contributed by atoms with Gasteiger partial charge in [0, 0.05) is 46.5 Å². The van der Waals surface area contributed by atoms with Crippen molar-refractivity contribution in [1.29, 1.82) is 0 Å². The van der Waals surface area contributed by atoms with Crippen molar-refractivity contribution in [3.63, 3.8) is 0 Å². The summed E-state index contributed by atoms with van der Waals surface area (Å²) in [5.41, 5.74) is 2.92. The number of amides is 2. The largest absolute Gasteiger partial charge is 0.472 e. The minimum atomic E-state index is -0.130. The van der Waals surface area contributed by atoms with Gasteiger partial charge in [0.25, 0.3) is 0 Å². The van der Waals surface area contributed by atoms with Crippen molar-refractivity contribution in [3.05, 3.63) is 59.6 Å². The first kappa shape index (κ1) is 18.6. The number of hydrogen-bond donors (Lipinski definition) is 3. The Morgan fingerprint density at radius 1 is 1.14 bits per heavy atom. The molecule has 0 saturated heterocycles. The number of pyridine rings is 1. The minimum Gasteiger partial charge on any atom is -0.472 e. The van der Waals surface area contributed by atoms with E-state index in [1.54, 1.807) is 18.7 Å². The van der Waals surface area contributed by atoms with Crippen LogP contribution in [0.3, 0.4) is 0 Å². The zero-order chi connectivity index (χ0) is 19.3. The molecule has 1 aromatic carbocycles. The summed E-state index contributed by atoms with van der Waals surface area (Å²) in [6.45, 7) is 0.471. The van der Waals surface area contributed by atoms with Gasteiger partial charge in [-0.2, -0.15) is 0 Å². The number of anilines is 1. The van der Waals surface area contributed by atoms with Gasteiger partial charge in [-0.1, -0.05) is 11.6 Å². The molecule has 0 atom stereocenters. The average Bonchev–Trinajstić information content (AvgIpc) is 3.21. The molecule has 0 spiro atoms. The molecular weight excluding hydrogens is 376 g/mol. The van der Waals surface area contributed by atoms with Crippen molar-refractivity contribution in [2.24, 2.45) is 0 Å². The number of hydrogen-bond acceptors (Lipinski definition) is 4. The lowest BCUT2D eigenvalue weighted by atomic mass is 9.91. The fraction of sp³-hybridized carbons (Fsp3) is 0.333. The second-order valence-electron chi connectivity index (χ2n) is 7.17. The summed E-state index contributed by atoms with van der Waals surface area (Å²) in [6.07, 6.45) is 8.95. The summed E-state index contributed by atoms with van der Waals surface area (Å²) >= 11 is 6.07. The Morgan fingerprint density at radius 2 is 1.96 bits per heavy atom. The van der Waals surface area contributed by atoms with E-state index in [2.05, 4.69) is 20.9 Å². The number of carbonyl (C=O) groups excluding carboxylic acids is 1. The Bertz CT molecular complexity index is 937. The van der Waals surface area contributed by atoms with Crippen molar-refractivity contribution in [2.45, 2.75) is 44.3 Å². The number of nitrogens with one attached hydrogen (secondary N) is 3. The molecule has 28 heavy (non-hydrogen) atoms. The van der Waals surface area contributed by atoms with Gasteiger partial charge in [0.15, 0.2) is 0 Å². The maximum absolute atomic E-state index is 12.1. The third-order valence-electron chi connectivity index (χ3n) is 5.16. The van der Waals surface area contributed by atoms with Crippen molar-refractivity contribution in [2.75, 3.05) is 5.32 Å². The van der Waals surface area contributed by atoms with Gasteiger partial charge in [-0.25, -0.2) is 4.79 Å². The number of carbonyl (C=O) groups is 1. The molecule has 2 amide bonds. The number of benzene rings is 1. The number of halogens is 1. The molecule has 0 unspecified atom stereocenters. The van der Waals surface area contributed by atoms with Gasteiger partial charge in [-0.15, -0.1) is 0 Å². The van der Waals surface area contributed by atoms with Gasteiger partial charge in [-0.3, -0.25) is 4.98 Å². The first-order valence-corrected chi connectivity index (χ1v) is 9.91. The van der Waals surface area contributed by atoms with E-state index in [1.807, 2.05) is 30.3 Å². The van der Waals surface area contributed by atoms with Gasteiger partial charge in [0.05, 0.1) is 18.0 Å².